The van der Waals surface area contributed by atoms with E-state index >= 15 is 0 Å². The van der Waals surface area contributed by atoms with Gasteiger partial charge in [-0.15, -0.1) is 0 Å². The zero-order chi connectivity index (χ0) is 14.3. The van der Waals surface area contributed by atoms with E-state index in [1.54, 1.807) is 0 Å². The number of benzene rings is 1. The molecule has 1 aromatic carbocycles. The molecular weight excluding hydrogens is 269 g/mol. The summed E-state index contributed by atoms with van der Waals surface area (Å²) < 4.78 is 24.5. The van der Waals surface area contributed by atoms with Crippen molar-refractivity contribution in [3.63, 3.8) is 0 Å². The Labute approximate surface area is 114 Å². The van der Waals surface area contributed by atoms with Crippen molar-refractivity contribution in [3.05, 3.63) is 17.4 Å². The minimum Gasteiger partial charge on any atom is -0.504 e. The highest BCUT2D eigenvalue weighted by Crippen LogP contribution is 2.44. The molecule has 0 bridgehead atoms. The summed E-state index contributed by atoms with van der Waals surface area (Å²) in [4.78, 5) is 10.9. The Morgan fingerprint density at radius 2 is 2.15 bits per heavy atom. The lowest BCUT2D eigenvalue weighted by Crippen LogP contribution is -2.19. The van der Waals surface area contributed by atoms with E-state index in [1.165, 1.54) is 6.07 Å². The maximum atomic E-state index is 14.1. The lowest BCUT2D eigenvalue weighted by Gasteiger charge is -2.22. The molecule has 0 aromatic heterocycles. The fourth-order valence-corrected chi connectivity index (χ4v) is 2.58. The van der Waals surface area contributed by atoms with Crippen LogP contribution in [-0.2, 0) is 4.79 Å². The molecule has 20 heavy (non-hydrogen) atoms. The summed E-state index contributed by atoms with van der Waals surface area (Å²) in [6.07, 6.45) is 0.294. The minimum atomic E-state index is -0.905. The maximum absolute atomic E-state index is 14.1. The summed E-state index contributed by atoms with van der Waals surface area (Å²) in [5.41, 5.74) is 0.301. The first-order valence-corrected chi connectivity index (χ1v) is 6.35. The smallest absolute Gasteiger partial charge is 0.307 e. The third kappa shape index (κ3) is 2.03. The predicted octanol–water partition coefficient (Wildman–Crippen LogP) is 1.04. The second kappa shape index (κ2) is 4.82. The highest BCUT2D eigenvalue weighted by Gasteiger charge is 2.34. The van der Waals surface area contributed by atoms with E-state index < -0.39 is 29.5 Å². The van der Waals surface area contributed by atoms with Gasteiger partial charge in [0.05, 0.1) is 5.92 Å². The van der Waals surface area contributed by atoms with Crippen molar-refractivity contribution in [3.8, 4) is 17.2 Å². The van der Waals surface area contributed by atoms with Gasteiger partial charge < -0.3 is 25.0 Å². The average Bonchev–Trinajstić information content (AvgIpc) is 2.92. The number of phenolic OH excluding ortho intramolecular Hbond substituents is 1. The van der Waals surface area contributed by atoms with E-state index in [0.717, 1.165) is 0 Å². The summed E-state index contributed by atoms with van der Waals surface area (Å²) in [5, 5.41) is 21.9. The van der Waals surface area contributed by atoms with Crippen LogP contribution in [0.1, 0.15) is 18.0 Å². The van der Waals surface area contributed by atoms with Crippen LogP contribution in [0.5, 0.6) is 17.2 Å². The van der Waals surface area contributed by atoms with Crippen LogP contribution >= 0.6 is 0 Å². The molecule has 6 nitrogen and oxygen atoms in total. The highest BCUT2D eigenvalue weighted by molar-refractivity contribution is 5.71. The second-order valence-corrected chi connectivity index (χ2v) is 4.88. The van der Waals surface area contributed by atoms with Crippen LogP contribution in [0.15, 0.2) is 6.07 Å². The Balaban J connectivity index is 1.94. The molecule has 0 amide bonds. The summed E-state index contributed by atoms with van der Waals surface area (Å²) in [6, 6.07) is 1.09. The normalized spacial score (nSPS) is 24.6. The number of carbonyl (C=O) groups is 1. The number of carboxylic acid groups (broad SMARTS) is 1. The molecule has 2 heterocycles. The van der Waals surface area contributed by atoms with Gasteiger partial charge in [0.1, 0.15) is 13.2 Å². The number of ether oxygens (including phenoxy) is 2. The quantitative estimate of drug-likeness (QED) is 0.751. The molecule has 108 valence electrons. The monoisotopic (exact) mass is 283 g/mol. The number of aromatic hydroxyl groups is 1. The first-order valence-electron chi connectivity index (χ1n) is 6.35. The Morgan fingerprint density at radius 3 is 2.85 bits per heavy atom. The van der Waals surface area contributed by atoms with Crippen molar-refractivity contribution < 1.29 is 28.9 Å². The molecule has 1 aromatic rings. The van der Waals surface area contributed by atoms with Gasteiger partial charge in [-0.05, 0) is 12.5 Å². The van der Waals surface area contributed by atoms with Crippen LogP contribution < -0.4 is 14.8 Å². The van der Waals surface area contributed by atoms with Gasteiger partial charge in [0.2, 0.25) is 11.6 Å². The van der Waals surface area contributed by atoms with Gasteiger partial charge in [-0.2, -0.15) is 4.39 Å². The molecule has 1 saturated heterocycles. The summed E-state index contributed by atoms with van der Waals surface area (Å²) in [6.45, 7) is 0.827. The lowest BCUT2D eigenvalue weighted by atomic mass is 9.98. The van der Waals surface area contributed by atoms with Crippen LogP contribution in [-0.4, -0.2) is 35.9 Å². The average molecular weight is 283 g/mol. The van der Waals surface area contributed by atoms with Crippen LogP contribution in [0.4, 0.5) is 4.39 Å². The van der Waals surface area contributed by atoms with Crippen molar-refractivity contribution >= 4 is 5.97 Å². The number of halogens is 1. The molecular formula is C13H14FNO5. The van der Waals surface area contributed by atoms with Gasteiger partial charge in [-0.25, -0.2) is 0 Å². The van der Waals surface area contributed by atoms with E-state index in [1.807, 2.05) is 0 Å². The SMILES string of the molecule is O=C(O)C1CNC(c2cc3c(c(F)c2O)OCCO3)C1. The summed E-state index contributed by atoms with van der Waals surface area (Å²) in [5.74, 6) is -2.68. The molecule has 3 N–H and O–H groups in total. The number of nitrogens with one attached hydrogen (secondary N) is 1. The van der Waals surface area contributed by atoms with E-state index in [0.29, 0.717) is 18.6 Å². The molecule has 0 spiro atoms. The minimum absolute atomic E-state index is 0.0923. The molecule has 0 radical (unpaired) electrons. The number of hydrogen-bond donors (Lipinski definition) is 3. The van der Waals surface area contributed by atoms with Gasteiger partial charge >= 0.3 is 5.97 Å². The number of carboxylic acids is 1. The third-order valence-corrected chi connectivity index (χ3v) is 3.63. The standard InChI is InChI=1S/C13H14FNO5/c14-10-11(16)7(4-9-12(10)20-2-1-19-9)8-3-6(5-15-8)13(17)18/h4,6,8,15-16H,1-3,5H2,(H,17,18). The summed E-state index contributed by atoms with van der Waals surface area (Å²) >= 11 is 0. The van der Waals surface area contributed by atoms with Gasteiger partial charge in [0.15, 0.2) is 11.5 Å². The van der Waals surface area contributed by atoms with Crippen molar-refractivity contribution in [1.29, 1.82) is 0 Å². The van der Waals surface area contributed by atoms with Crippen LogP contribution in [0.25, 0.3) is 0 Å². The van der Waals surface area contributed by atoms with Crippen molar-refractivity contribution in [2.45, 2.75) is 12.5 Å². The Morgan fingerprint density at radius 1 is 1.40 bits per heavy atom. The molecule has 0 saturated carbocycles. The van der Waals surface area contributed by atoms with Gasteiger partial charge in [0.25, 0.3) is 0 Å². The number of hydrogen-bond acceptors (Lipinski definition) is 5. The van der Waals surface area contributed by atoms with Gasteiger partial charge in [-0.1, -0.05) is 0 Å². The molecule has 2 aliphatic rings. The Kier molecular flexibility index (Phi) is 3.13. The highest BCUT2D eigenvalue weighted by atomic mass is 19.1. The fraction of sp³-hybridized carbons (Fsp3) is 0.462. The number of phenols is 1. The van der Waals surface area contributed by atoms with E-state index in [9.17, 15) is 14.3 Å². The van der Waals surface area contributed by atoms with Gasteiger partial charge in [-0.3, -0.25) is 4.79 Å². The largest absolute Gasteiger partial charge is 0.504 e. The fourth-order valence-electron chi connectivity index (χ4n) is 2.58. The molecule has 7 heteroatoms. The van der Waals surface area contributed by atoms with E-state index in [-0.39, 0.29) is 24.7 Å². The first kappa shape index (κ1) is 13.0. The van der Waals surface area contributed by atoms with Crippen LogP contribution in [0.2, 0.25) is 0 Å². The molecule has 1 fully saturated rings. The maximum Gasteiger partial charge on any atom is 0.307 e. The topological polar surface area (TPSA) is 88.0 Å². The Bertz CT molecular complexity index is 562. The molecule has 2 aliphatic heterocycles. The van der Waals surface area contributed by atoms with Crippen LogP contribution in [0, 0.1) is 11.7 Å². The van der Waals surface area contributed by atoms with Crippen molar-refractivity contribution in [1.82, 2.24) is 5.32 Å². The Hall–Kier alpha value is -2.02. The number of rotatable bonds is 2. The first-order chi connectivity index (χ1) is 9.58. The van der Waals surface area contributed by atoms with Crippen molar-refractivity contribution in [2.24, 2.45) is 5.92 Å². The van der Waals surface area contributed by atoms with Crippen LogP contribution in [0.3, 0.4) is 0 Å². The molecule has 0 aliphatic carbocycles. The van der Waals surface area contributed by atoms with E-state index in [2.05, 4.69) is 5.32 Å². The van der Waals surface area contributed by atoms with E-state index in [4.69, 9.17) is 14.6 Å². The number of aliphatic carboxylic acids is 1. The van der Waals surface area contributed by atoms with Gasteiger partial charge in [0, 0.05) is 18.2 Å². The molecule has 3 rings (SSSR count). The van der Waals surface area contributed by atoms with Crippen molar-refractivity contribution in [2.75, 3.05) is 19.8 Å². The number of fused-ring (bicyclic) bond motifs is 1. The summed E-state index contributed by atoms with van der Waals surface area (Å²) in [7, 11) is 0. The molecule has 2 atom stereocenters. The predicted molar refractivity (Wildman–Crippen MR) is 65.5 cm³/mol. The zero-order valence-corrected chi connectivity index (χ0v) is 10.6. The second-order valence-electron chi connectivity index (χ2n) is 4.88. The zero-order valence-electron chi connectivity index (χ0n) is 10.6. The third-order valence-electron chi connectivity index (χ3n) is 3.63. The molecule has 2 unspecified atom stereocenters. The lowest BCUT2D eigenvalue weighted by molar-refractivity contribution is -0.141.